The lowest BCUT2D eigenvalue weighted by Crippen LogP contribution is -2.00. The van der Waals surface area contributed by atoms with Gasteiger partial charge in [0.05, 0.1) is 6.61 Å². The predicted molar refractivity (Wildman–Crippen MR) is 77.6 cm³/mol. The van der Waals surface area contributed by atoms with Gasteiger partial charge in [0.25, 0.3) is 0 Å². The highest BCUT2D eigenvalue weighted by molar-refractivity contribution is 5.90. The molecule has 0 radical (unpaired) electrons. The van der Waals surface area contributed by atoms with Gasteiger partial charge >= 0.3 is 5.97 Å². The zero-order chi connectivity index (χ0) is 14.4. The van der Waals surface area contributed by atoms with Crippen molar-refractivity contribution in [2.45, 2.75) is 40.0 Å². The SMILES string of the molecule is CCOc1ccc(/C(=C/C(=O)O)CC)cc1C(C)C. The summed E-state index contributed by atoms with van der Waals surface area (Å²) in [6.07, 6.45) is 1.97. The molecule has 0 saturated carbocycles. The van der Waals surface area contributed by atoms with Crippen LogP contribution in [0.4, 0.5) is 0 Å². The molecular weight excluding hydrogens is 240 g/mol. The van der Waals surface area contributed by atoms with Gasteiger partial charge in [-0.15, -0.1) is 0 Å². The lowest BCUT2D eigenvalue weighted by Gasteiger charge is -2.15. The molecule has 19 heavy (non-hydrogen) atoms. The standard InChI is InChI=1S/C16H22O3/c1-5-12(10-16(17)18)13-7-8-15(19-6-2)14(9-13)11(3)4/h7-11H,5-6H2,1-4H3,(H,17,18)/b12-10+. The van der Waals surface area contributed by atoms with E-state index < -0.39 is 5.97 Å². The number of hydrogen-bond acceptors (Lipinski definition) is 2. The van der Waals surface area contributed by atoms with Gasteiger partial charge in [-0.2, -0.15) is 0 Å². The summed E-state index contributed by atoms with van der Waals surface area (Å²) in [4.78, 5) is 10.8. The van der Waals surface area contributed by atoms with Gasteiger partial charge in [-0.1, -0.05) is 26.8 Å². The summed E-state index contributed by atoms with van der Waals surface area (Å²) in [5.41, 5.74) is 2.90. The maximum atomic E-state index is 10.8. The van der Waals surface area contributed by atoms with Crippen LogP contribution in [0.1, 0.15) is 51.2 Å². The Morgan fingerprint density at radius 2 is 2.05 bits per heavy atom. The molecule has 0 spiro atoms. The van der Waals surface area contributed by atoms with Crippen LogP contribution in [0.2, 0.25) is 0 Å². The van der Waals surface area contributed by atoms with Crippen LogP contribution in [0, 0.1) is 0 Å². The molecule has 0 amide bonds. The first-order chi connectivity index (χ1) is 8.99. The van der Waals surface area contributed by atoms with Crippen molar-refractivity contribution in [3.8, 4) is 5.75 Å². The Hall–Kier alpha value is -1.77. The van der Waals surface area contributed by atoms with Gasteiger partial charge < -0.3 is 9.84 Å². The molecular formula is C16H22O3. The molecule has 0 saturated heterocycles. The fourth-order valence-corrected chi connectivity index (χ4v) is 2.02. The second-order valence-electron chi connectivity index (χ2n) is 4.70. The molecule has 0 atom stereocenters. The van der Waals surface area contributed by atoms with Crippen LogP contribution in [0.15, 0.2) is 24.3 Å². The molecule has 0 aromatic heterocycles. The van der Waals surface area contributed by atoms with Gasteiger partial charge in [-0.3, -0.25) is 0 Å². The fourth-order valence-electron chi connectivity index (χ4n) is 2.02. The second kappa shape index (κ2) is 6.98. The number of ether oxygens (including phenoxy) is 1. The van der Waals surface area contributed by atoms with Crippen LogP contribution in [0.3, 0.4) is 0 Å². The Kier molecular flexibility index (Phi) is 5.61. The highest BCUT2D eigenvalue weighted by Crippen LogP contribution is 2.30. The van der Waals surface area contributed by atoms with Crippen molar-refractivity contribution < 1.29 is 14.6 Å². The molecule has 0 unspecified atom stereocenters. The molecule has 1 aromatic rings. The number of allylic oxidation sites excluding steroid dienone is 1. The Balaban J connectivity index is 3.24. The molecule has 1 N–H and O–H groups in total. The molecule has 0 heterocycles. The van der Waals surface area contributed by atoms with Gasteiger partial charge in [-0.05, 0) is 48.1 Å². The number of aliphatic carboxylic acids is 1. The van der Waals surface area contributed by atoms with E-state index in [0.29, 0.717) is 18.9 Å². The summed E-state index contributed by atoms with van der Waals surface area (Å²) in [5, 5.41) is 8.89. The smallest absolute Gasteiger partial charge is 0.328 e. The molecule has 0 aliphatic heterocycles. The highest BCUT2D eigenvalue weighted by atomic mass is 16.5. The van der Waals surface area contributed by atoms with Crippen LogP contribution in [-0.2, 0) is 4.79 Å². The molecule has 1 aromatic carbocycles. The van der Waals surface area contributed by atoms with Gasteiger partial charge in [0.2, 0.25) is 0 Å². The van der Waals surface area contributed by atoms with Crippen molar-refractivity contribution >= 4 is 11.5 Å². The quantitative estimate of drug-likeness (QED) is 0.785. The van der Waals surface area contributed by atoms with Gasteiger partial charge in [0.1, 0.15) is 5.75 Å². The van der Waals surface area contributed by atoms with E-state index in [0.717, 1.165) is 22.4 Å². The van der Waals surface area contributed by atoms with Crippen LogP contribution in [-0.4, -0.2) is 17.7 Å². The summed E-state index contributed by atoms with van der Waals surface area (Å²) in [7, 11) is 0. The number of carboxylic acid groups (broad SMARTS) is 1. The normalized spacial score (nSPS) is 11.7. The third-order valence-corrected chi connectivity index (χ3v) is 2.98. The maximum Gasteiger partial charge on any atom is 0.328 e. The van der Waals surface area contributed by atoms with Crippen molar-refractivity contribution in [3.05, 3.63) is 35.4 Å². The Morgan fingerprint density at radius 1 is 1.37 bits per heavy atom. The molecule has 3 nitrogen and oxygen atoms in total. The lowest BCUT2D eigenvalue weighted by molar-refractivity contribution is -0.131. The van der Waals surface area contributed by atoms with E-state index in [9.17, 15) is 4.79 Å². The number of hydrogen-bond donors (Lipinski definition) is 1. The average molecular weight is 262 g/mol. The second-order valence-corrected chi connectivity index (χ2v) is 4.70. The molecule has 104 valence electrons. The van der Waals surface area contributed by atoms with E-state index in [4.69, 9.17) is 9.84 Å². The third-order valence-electron chi connectivity index (χ3n) is 2.98. The minimum Gasteiger partial charge on any atom is -0.494 e. The zero-order valence-electron chi connectivity index (χ0n) is 12.1. The van der Waals surface area contributed by atoms with Crippen molar-refractivity contribution in [1.29, 1.82) is 0 Å². The maximum absolute atomic E-state index is 10.8. The third kappa shape index (κ3) is 4.12. The molecule has 0 bridgehead atoms. The Labute approximate surface area is 114 Å². The Bertz CT molecular complexity index is 473. The average Bonchev–Trinajstić information content (AvgIpc) is 2.36. The number of carboxylic acids is 1. The van der Waals surface area contributed by atoms with E-state index in [1.807, 2.05) is 32.0 Å². The number of benzene rings is 1. The summed E-state index contributed by atoms with van der Waals surface area (Å²) in [5.74, 6) is 0.313. The predicted octanol–water partition coefficient (Wildman–Crippen LogP) is 4.09. The number of rotatable bonds is 6. The summed E-state index contributed by atoms with van der Waals surface area (Å²) in [6, 6.07) is 5.89. The lowest BCUT2D eigenvalue weighted by atomic mass is 9.95. The van der Waals surface area contributed by atoms with Crippen molar-refractivity contribution in [3.63, 3.8) is 0 Å². The van der Waals surface area contributed by atoms with Crippen LogP contribution >= 0.6 is 0 Å². The zero-order valence-corrected chi connectivity index (χ0v) is 12.1. The van der Waals surface area contributed by atoms with Crippen LogP contribution < -0.4 is 4.74 Å². The number of carbonyl (C=O) groups is 1. The first-order valence-corrected chi connectivity index (χ1v) is 6.70. The van der Waals surface area contributed by atoms with Crippen molar-refractivity contribution in [2.75, 3.05) is 6.61 Å². The summed E-state index contributed by atoms with van der Waals surface area (Å²) >= 11 is 0. The monoisotopic (exact) mass is 262 g/mol. The van der Waals surface area contributed by atoms with Crippen LogP contribution in [0.25, 0.3) is 5.57 Å². The van der Waals surface area contributed by atoms with E-state index in [1.54, 1.807) is 0 Å². The van der Waals surface area contributed by atoms with Crippen molar-refractivity contribution in [1.82, 2.24) is 0 Å². The first-order valence-electron chi connectivity index (χ1n) is 6.70. The van der Waals surface area contributed by atoms with Crippen molar-refractivity contribution in [2.24, 2.45) is 0 Å². The fraction of sp³-hybridized carbons (Fsp3) is 0.438. The molecule has 0 aliphatic rings. The Morgan fingerprint density at radius 3 is 2.53 bits per heavy atom. The molecule has 1 rings (SSSR count). The minimum absolute atomic E-state index is 0.337. The van der Waals surface area contributed by atoms with E-state index in [1.165, 1.54) is 6.08 Å². The topological polar surface area (TPSA) is 46.5 Å². The van der Waals surface area contributed by atoms with E-state index >= 15 is 0 Å². The molecule has 0 aliphatic carbocycles. The molecule has 0 fully saturated rings. The first kappa shape index (κ1) is 15.3. The molecule has 3 heteroatoms. The van der Waals surface area contributed by atoms with Gasteiger partial charge in [0, 0.05) is 6.08 Å². The largest absolute Gasteiger partial charge is 0.494 e. The summed E-state index contributed by atoms with van der Waals surface area (Å²) in [6.45, 7) is 8.76. The van der Waals surface area contributed by atoms with E-state index in [-0.39, 0.29) is 0 Å². The summed E-state index contributed by atoms with van der Waals surface area (Å²) < 4.78 is 5.61. The van der Waals surface area contributed by atoms with Gasteiger partial charge in [-0.25, -0.2) is 4.79 Å². The van der Waals surface area contributed by atoms with Crippen LogP contribution in [0.5, 0.6) is 5.75 Å². The van der Waals surface area contributed by atoms with E-state index in [2.05, 4.69) is 13.8 Å². The minimum atomic E-state index is -0.906. The highest BCUT2D eigenvalue weighted by Gasteiger charge is 2.11. The van der Waals surface area contributed by atoms with Gasteiger partial charge in [0.15, 0.2) is 0 Å².